The number of amides is 1. The number of benzene rings is 2. The monoisotopic (exact) mass is 386 g/mol. The quantitative estimate of drug-likeness (QED) is 0.745. The fraction of sp³-hybridized carbons (Fsp3) is 0.105. The number of anilines is 2. The lowest BCUT2D eigenvalue weighted by Gasteiger charge is -2.17. The van der Waals surface area contributed by atoms with Crippen LogP contribution in [0.15, 0.2) is 70.2 Å². The number of hydrogen-bond acceptors (Lipinski definition) is 4. The summed E-state index contributed by atoms with van der Waals surface area (Å²) in [5.41, 5.74) is 1.77. The van der Waals surface area contributed by atoms with Crippen LogP contribution in [0.5, 0.6) is 0 Å². The zero-order valence-corrected chi connectivity index (χ0v) is 14.9. The second kappa shape index (κ2) is 6.55. The first-order valence-corrected chi connectivity index (χ1v) is 9.70. The number of nitrogens with zero attached hydrogens (tertiary/aromatic N) is 1. The zero-order chi connectivity index (χ0) is 19.0. The van der Waals surface area contributed by atoms with Crippen molar-refractivity contribution in [3.8, 4) is 0 Å². The van der Waals surface area contributed by atoms with Gasteiger partial charge in [0.25, 0.3) is 15.9 Å². The molecule has 8 heteroatoms. The van der Waals surface area contributed by atoms with E-state index >= 15 is 0 Å². The SMILES string of the molecule is O=C(c1ccco1)N1CCc2ccc(NS(=O)(=O)c3ccccc3F)cc21. The molecule has 2 aromatic carbocycles. The summed E-state index contributed by atoms with van der Waals surface area (Å²) >= 11 is 0. The molecule has 0 fully saturated rings. The molecular weight excluding hydrogens is 371 g/mol. The summed E-state index contributed by atoms with van der Waals surface area (Å²) in [6.07, 6.45) is 2.07. The molecule has 0 bridgehead atoms. The summed E-state index contributed by atoms with van der Waals surface area (Å²) in [6, 6.07) is 13.3. The predicted octanol–water partition coefficient (Wildman–Crippen LogP) is 3.42. The van der Waals surface area contributed by atoms with E-state index < -0.39 is 20.7 Å². The number of furan rings is 1. The molecule has 3 aromatic rings. The molecule has 0 radical (unpaired) electrons. The average molecular weight is 386 g/mol. The van der Waals surface area contributed by atoms with Crippen molar-refractivity contribution in [3.63, 3.8) is 0 Å². The van der Waals surface area contributed by atoms with Gasteiger partial charge in [-0.25, -0.2) is 12.8 Å². The number of halogens is 1. The molecule has 1 aromatic heterocycles. The van der Waals surface area contributed by atoms with Gasteiger partial charge in [0.05, 0.1) is 12.0 Å². The van der Waals surface area contributed by atoms with Crippen molar-refractivity contribution in [1.82, 2.24) is 0 Å². The van der Waals surface area contributed by atoms with Gasteiger partial charge >= 0.3 is 0 Å². The van der Waals surface area contributed by atoms with Crippen LogP contribution in [0.1, 0.15) is 16.1 Å². The van der Waals surface area contributed by atoms with Crippen LogP contribution < -0.4 is 9.62 Å². The molecule has 0 saturated heterocycles. The molecule has 6 nitrogen and oxygen atoms in total. The lowest BCUT2D eigenvalue weighted by atomic mass is 10.1. The first-order chi connectivity index (χ1) is 13.0. The highest BCUT2D eigenvalue weighted by Gasteiger charge is 2.28. The molecule has 138 valence electrons. The fourth-order valence-electron chi connectivity index (χ4n) is 3.06. The van der Waals surface area contributed by atoms with E-state index in [1.54, 1.807) is 30.3 Å². The Hall–Kier alpha value is -3.13. The summed E-state index contributed by atoms with van der Waals surface area (Å²) in [7, 11) is -4.09. The highest BCUT2D eigenvalue weighted by atomic mass is 32.2. The standard InChI is InChI=1S/C19H15FN2O4S/c20-15-4-1-2-6-18(15)27(24,25)21-14-8-7-13-9-10-22(16(13)12-14)19(23)17-5-3-11-26-17/h1-8,11-12,21H,9-10H2. The molecule has 0 saturated carbocycles. The van der Waals surface area contributed by atoms with E-state index in [1.165, 1.54) is 29.4 Å². The molecule has 1 aliphatic heterocycles. The van der Waals surface area contributed by atoms with Crippen molar-refractivity contribution in [3.05, 3.63) is 78.0 Å². The molecule has 1 N–H and O–H groups in total. The number of fused-ring (bicyclic) bond motifs is 1. The van der Waals surface area contributed by atoms with Gasteiger partial charge in [0, 0.05) is 12.2 Å². The first-order valence-electron chi connectivity index (χ1n) is 8.21. The van der Waals surface area contributed by atoms with E-state index in [2.05, 4.69) is 4.72 Å². The molecular formula is C19H15FN2O4S. The van der Waals surface area contributed by atoms with Gasteiger partial charge in [0.2, 0.25) is 0 Å². The van der Waals surface area contributed by atoms with Crippen LogP contribution in [0.3, 0.4) is 0 Å². The van der Waals surface area contributed by atoms with Gasteiger partial charge in [0.1, 0.15) is 10.7 Å². The average Bonchev–Trinajstić information content (AvgIpc) is 3.31. The van der Waals surface area contributed by atoms with Gasteiger partial charge in [-0.2, -0.15) is 0 Å². The Labute approximate surface area is 155 Å². The van der Waals surface area contributed by atoms with Crippen molar-refractivity contribution >= 4 is 27.3 Å². The topological polar surface area (TPSA) is 79.6 Å². The Balaban J connectivity index is 1.65. The normalized spacial score (nSPS) is 13.4. The van der Waals surface area contributed by atoms with Crippen molar-refractivity contribution in [2.24, 2.45) is 0 Å². The molecule has 1 amide bonds. The minimum absolute atomic E-state index is 0.209. The third kappa shape index (κ3) is 3.19. The number of sulfonamides is 1. The number of hydrogen-bond donors (Lipinski definition) is 1. The molecule has 4 rings (SSSR count). The largest absolute Gasteiger partial charge is 0.459 e. The maximum atomic E-state index is 13.9. The maximum Gasteiger partial charge on any atom is 0.293 e. The van der Waals surface area contributed by atoms with E-state index in [0.29, 0.717) is 18.7 Å². The summed E-state index contributed by atoms with van der Waals surface area (Å²) < 4.78 is 46.3. The summed E-state index contributed by atoms with van der Waals surface area (Å²) in [5.74, 6) is -0.922. The van der Waals surface area contributed by atoms with E-state index in [-0.39, 0.29) is 17.4 Å². The minimum Gasteiger partial charge on any atom is -0.459 e. The van der Waals surface area contributed by atoms with Crippen molar-refractivity contribution in [1.29, 1.82) is 0 Å². The fourth-order valence-corrected chi connectivity index (χ4v) is 4.19. The van der Waals surface area contributed by atoms with Gasteiger partial charge in [0.15, 0.2) is 5.76 Å². The van der Waals surface area contributed by atoms with Crippen LogP contribution in [0.4, 0.5) is 15.8 Å². The number of rotatable bonds is 4. The molecule has 2 heterocycles. The van der Waals surface area contributed by atoms with Gasteiger partial charge in [-0.3, -0.25) is 9.52 Å². The lowest BCUT2D eigenvalue weighted by Crippen LogP contribution is -2.28. The van der Waals surface area contributed by atoms with Gasteiger partial charge < -0.3 is 9.32 Å². The Morgan fingerprint density at radius 1 is 1.11 bits per heavy atom. The van der Waals surface area contributed by atoms with Crippen molar-refractivity contribution in [2.75, 3.05) is 16.2 Å². The predicted molar refractivity (Wildman–Crippen MR) is 97.7 cm³/mol. The molecule has 1 aliphatic rings. The molecule has 0 aliphatic carbocycles. The summed E-state index contributed by atoms with van der Waals surface area (Å²) in [5, 5.41) is 0. The Kier molecular flexibility index (Phi) is 4.19. The highest BCUT2D eigenvalue weighted by molar-refractivity contribution is 7.92. The number of carbonyl (C=O) groups excluding carboxylic acids is 1. The van der Waals surface area contributed by atoms with Crippen molar-refractivity contribution in [2.45, 2.75) is 11.3 Å². The smallest absolute Gasteiger partial charge is 0.293 e. The van der Waals surface area contributed by atoms with E-state index in [1.807, 2.05) is 0 Å². The van der Waals surface area contributed by atoms with Crippen LogP contribution in [0.2, 0.25) is 0 Å². The third-order valence-electron chi connectivity index (χ3n) is 4.34. The molecule has 0 atom stereocenters. The van der Waals surface area contributed by atoms with Crippen LogP contribution in [-0.4, -0.2) is 20.9 Å². The number of carbonyl (C=O) groups is 1. The number of nitrogens with one attached hydrogen (secondary N) is 1. The Bertz CT molecular complexity index is 1110. The molecule has 0 spiro atoms. The van der Waals surface area contributed by atoms with Crippen LogP contribution >= 0.6 is 0 Å². The zero-order valence-electron chi connectivity index (χ0n) is 14.1. The van der Waals surface area contributed by atoms with Crippen LogP contribution in [-0.2, 0) is 16.4 Å². The third-order valence-corrected chi connectivity index (χ3v) is 5.75. The van der Waals surface area contributed by atoms with Gasteiger partial charge in [-0.15, -0.1) is 0 Å². The summed E-state index contributed by atoms with van der Waals surface area (Å²) in [4.78, 5) is 13.7. The van der Waals surface area contributed by atoms with E-state index in [9.17, 15) is 17.6 Å². The second-order valence-electron chi connectivity index (χ2n) is 6.06. The van der Waals surface area contributed by atoms with Crippen LogP contribution in [0.25, 0.3) is 0 Å². The van der Waals surface area contributed by atoms with Crippen LogP contribution in [0, 0.1) is 5.82 Å². The Morgan fingerprint density at radius 3 is 2.67 bits per heavy atom. The lowest BCUT2D eigenvalue weighted by molar-refractivity contribution is 0.0963. The minimum atomic E-state index is -4.09. The molecule has 27 heavy (non-hydrogen) atoms. The summed E-state index contributed by atoms with van der Waals surface area (Å²) in [6.45, 7) is 0.471. The second-order valence-corrected chi connectivity index (χ2v) is 7.71. The Morgan fingerprint density at radius 2 is 1.93 bits per heavy atom. The van der Waals surface area contributed by atoms with E-state index in [0.717, 1.165) is 11.6 Å². The highest BCUT2D eigenvalue weighted by Crippen LogP contribution is 2.33. The van der Waals surface area contributed by atoms with Crippen molar-refractivity contribution < 1.29 is 22.0 Å². The van der Waals surface area contributed by atoms with Gasteiger partial charge in [-0.1, -0.05) is 18.2 Å². The van der Waals surface area contributed by atoms with E-state index in [4.69, 9.17) is 4.42 Å². The maximum absolute atomic E-state index is 13.9. The first kappa shape index (κ1) is 17.3. The van der Waals surface area contributed by atoms with Gasteiger partial charge in [-0.05, 0) is 48.4 Å². The molecule has 0 unspecified atom stereocenters.